The fourth-order valence-corrected chi connectivity index (χ4v) is 4.77. The molecule has 2 heterocycles. The zero-order valence-corrected chi connectivity index (χ0v) is 23.3. The van der Waals surface area contributed by atoms with Gasteiger partial charge in [-0.05, 0) is 54.4 Å². The third-order valence-electron chi connectivity index (χ3n) is 6.96. The number of imidazole rings is 1. The summed E-state index contributed by atoms with van der Waals surface area (Å²) >= 11 is 0. The standard InChI is InChI=1S/C32H27F4N3O4/c1-19-6-7-23(25(33)14-19)18-43-30-5-3-4-26(38-30)21-9-8-20(24(15-21)32(34,35)36)17-29-37-27-11-10-22(31(40)41)16-28(27)39(29)12-13-42-2/h3-11,14-16H,12-13,17-18H2,1-2H3,(H,40,41). The van der Waals surface area contributed by atoms with Gasteiger partial charge in [0.25, 0.3) is 0 Å². The number of fused-ring (bicyclic) bond motifs is 1. The molecule has 7 nitrogen and oxygen atoms in total. The van der Waals surface area contributed by atoms with Gasteiger partial charge in [-0.25, -0.2) is 19.2 Å². The molecule has 0 spiro atoms. The number of benzene rings is 3. The number of nitrogens with zero attached hydrogens (tertiary/aromatic N) is 3. The number of hydrogen-bond acceptors (Lipinski definition) is 5. The van der Waals surface area contributed by atoms with Crippen molar-refractivity contribution >= 4 is 17.0 Å². The highest BCUT2D eigenvalue weighted by Crippen LogP contribution is 2.36. The summed E-state index contributed by atoms with van der Waals surface area (Å²) in [5, 5.41) is 9.41. The minimum Gasteiger partial charge on any atom is -0.478 e. The number of pyridine rings is 1. The van der Waals surface area contributed by atoms with Crippen LogP contribution in [-0.4, -0.2) is 39.3 Å². The van der Waals surface area contributed by atoms with E-state index in [1.165, 1.54) is 37.4 Å². The molecule has 3 aromatic carbocycles. The number of aromatic carboxylic acids is 1. The van der Waals surface area contributed by atoms with Crippen molar-refractivity contribution < 1.29 is 36.9 Å². The molecule has 222 valence electrons. The van der Waals surface area contributed by atoms with Gasteiger partial charge in [-0.15, -0.1) is 0 Å². The second kappa shape index (κ2) is 12.2. The Bertz CT molecular complexity index is 1800. The number of aryl methyl sites for hydroxylation is 1. The lowest BCUT2D eigenvalue weighted by atomic mass is 9.99. The number of rotatable bonds is 10. The lowest BCUT2D eigenvalue weighted by Gasteiger charge is -2.16. The summed E-state index contributed by atoms with van der Waals surface area (Å²) in [6, 6.07) is 17.8. The normalized spacial score (nSPS) is 11.7. The fourth-order valence-electron chi connectivity index (χ4n) is 4.77. The highest BCUT2D eigenvalue weighted by Gasteiger charge is 2.34. The van der Waals surface area contributed by atoms with Crippen LogP contribution >= 0.6 is 0 Å². The molecule has 0 aliphatic heterocycles. The first kappa shape index (κ1) is 29.7. The Hall–Kier alpha value is -4.77. The maximum absolute atomic E-state index is 14.4. The monoisotopic (exact) mass is 593 g/mol. The lowest BCUT2D eigenvalue weighted by Crippen LogP contribution is -2.13. The smallest absolute Gasteiger partial charge is 0.416 e. The van der Waals surface area contributed by atoms with Gasteiger partial charge >= 0.3 is 12.1 Å². The summed E-state index contributed by atoms with van der Waals surface area (Å²) in [6.45, 7) is 2.20. The van der Waals surface area contributed by atoms with E-state index < -0.39 is 23.5 Å². The molecular weight excluding hydrogens is 566 g/mol. The zero-order valence-electron chi connectivity index (χ0n) is 23.3. The summed E-state index contributed by atoms with van der Waals surface area (Å²) in [5.41, 5.74) is 1.72. The minimum absolute atomic E-state index is 0.00840. The maximum atomic E-state index is 14.4. The number of hydrogen-bond donors (Lipinski definition) is 1. The molecule has 0 atom stereocenters. The van der Waals surface area contributed by atoms with Crippen LogP contribution in [0.3, 0.4) is 0 Å². The number of alkyl halides is 3. The largest absolute Gasteiger partial charge is 0.478 e. The predicted octanol–water partition coefficient (Wildman–Crippen LogP) is 7.08. The molecule has 43 heavy (non-hydrogen) atoms. The van der Waals surface area contributed by atoms with Crippen molar-refractivity contribution in [1.82, 2.24) is 14.5 Å². The molecule has 0 aliphatic rings. The quantitative estimate of drug-likeness (QED) is 0.174. The van der Waals surface area contributed by atoms with Crippen LogP contribution in [-0.2, 0) is 30.5 Å². The molecule has 0 amide bonds. The summed E-state index contributed by atoms with van der Waals surface area (Å²) in [5.74, 6) is -1.06. The SMILES string of the molecule is COCCn1c(Cc2ccc(-c3cccc(OCc4ccc(C)cc4F)n3)cc2C(F)(F)F)nc2ccc(C(=O)O)cc21. The number of halogens is 4. The third-order valence-corrected chi connectivity index (χ3v) is 6.96. The highest BCUT2D eigenvalue weighted by atomic mass is 19.4. The predicted molar refractivity (Wildman–Crippen MR) is 152 cm³/mol. The van der Waals surface area contributed by atoms with E-state index in [4.69, 9.17) is 9.47 Å². The van der Waals surface area contributed by atoms with Gasteiger partial charge < -0.3 is 19.1 Å². The van der Waals surface area contributed by atoms with Crippen molar-refractivity contribution in [1.29, 1.82) is 0 Å². The van der Waals surface area contributed by atoms with E-state index >= 15 is 0 Å². The first-order valence-electron chi connectivity index (χ1n) is 13.3. The molecule has 5 aromatic rings. The van der Waals surface area contributed by atoms with Crippen molar-refractivity contribution in [3.8, 4) is 17.1 Å². The average molecular weight is 594 g/mol. The van der Waals surface area contributed by atoms with Crippen LogP contribution in [0, 0.1) is 12.7 Å². The van der Waals surface area contributed by atoms with Crippen LogP contribution in [0.4, 0.5) is 17.6 Å². The van der Waals surface area contributed by atoms with Gasteiger partial charge in [-0.2, -0.15) is 13.2 Å². The van der Waals surface area contributed by atoms with Gasteiger partial charge in [0.05, 0.1) is 34.5 Å². The molecule has 5 rings (SSSR count). The van der Waals surface area contributed by atoms with Crippen molar-refractivity contribution in [3.63, 3.8) is 0 Å². The minimum atomic E-state index is -4.68. The second-order valence-corrected chi connectivity index (χ2v) is 9.97. The Balaban J connectivity index is 1.46. The summed E-state index contributed by atoms with van der Waals surface area (Å²) in [6.07, 6.45) is -4.84. The first-order chi connectivity index (χ1) is 20.5. The summed E-state index contributed by atoms with van der Waals surface area (Å²) < 4.78 is 69.8. The Labute approximate surface area is 244 Å². The van der Waals surface area contributed by atoms with Crippen molar-refractivity contribution in [2.75, 3.05) is 13.7 Å². The Morgan fingerprint density at radius 3 is 2.49 bits per heavy atom. The molecule has 2 aromatic heterocycles. The Kier molecular flexibility index (Phi) is 8.45. The van der Waals surface area contributed by atoms with E-state index in [9.17, 15) is 27.5 Å². The maximum Gasteiger partial charge on any atom is 0.416 e. The summed E-state index contributed by atoms with van der Waals surface area (Å²) in [4.78, 5) is 20.4. The summed E-state index contributed by atoms with van der Waals surface area (Å²) in [7, 11) is 1.50. The van der Waals surface area contributed by atoms with Crippen molar-refractivity contribution in [3.05, 3.63) is 112 Å². The van der Waals surface area contributed by atoms with Crippen LogP contribution in [0.25, 0.3) is 22.3 Å². The number of aromatic nitrogens is 3. The van der Waals surface area contributed by atoms with Gasteiger partial charge in [0.15, 0.2) is 0 Å². The Morgan fingerprint density at radius 1 is 0.977 bits per heavy atom. The van der Waals surface area contributed by atoms with Crippen LogP contribution < -0.4 is 4.74 Å². The number of carbonyl (C=O) groups is 1. The Morgan fingerprint density at radius 2 is 1.77 bits per heavy atom. The van der Waals surface area contributed by atoms with Gasteiger partial charge in [0.2, 0.25) is 5.88 Å². The molecule has 0 unspecified atom stereocenters. The number of carboxylic acids is 1. The topological polar surface area (TPSA) is 86.5 Å². The second-order valence-electron chi connectivity index (χ2n) is 9.97. The highest BCUT2D eigenvalue weighted by molar-refractivity contribution is 5.92. The molecule has 0 aliphatic carbocycles. The van der Waals surface area contributed by atoms with Crippen LogP contribution in [0.1, 0.15) is 38.4 Å². The molecule has 11 heteroatoms. The van der Waals surface area contributed by atoms with E-state index in [0.29, 0.717) is 22.4 Å². The molecular formula is C32H27F4N3O4. The van der Waals surface area contributed by atoms with Crippen LogP contribution in [0.5, 0.6) is 5.88 Å². The molecule has 0 saturated carbocycles. The molecule has 0 radical (unpaired) electrons. The fraction of sp³-hybridized carbons (Fsp3) is 0.219. The van der Waals surface area contributed by atoms with Crippen LogP contribution in [0.15, 0.2) is 72.8 Å². The van der Waals surface area contributed by atoms with Gasteiger partial charge in [0, 0.05) is 37.3 Å². The lowest BCUT2D eigenvalue weighted by molar-refractivity contribution is -0.138. The van der Waals surface area contributed by atoms with Gasteiger partial charge in [-0.1, -0.05) is 30.3 Å². The van der Waals surface area contributed by atoms with E-state index in [1.807, 2.05) is 0 Å². The van der Waals surface area contributed by atoms with Gasteiger partial charge in [-0.3, -0.25) is 0 Å². The van der Waals surface area contributed by atoms with Crippen molar-refractivity contribution in [2.24, 2.45) is 0 Å². The van der Waals surface area contributed by atoms with Gasteiger partial charge in [0.1, 0.15) is 18.2 Å². The van der Waals surface area contributed by atoms with Crippen LogP contribution in [0.2, 0.25) is 0 Å². The number of carboxylic acid groups (broad SMARTS) is 1. The van der Waals surface area contributed by atoms with Crippen molar-refractivity contribution in [2.45, 2.75) is 32.7 Å². The van der Waals surface area contributed by atoms with E-state index in [0.717, 1.165) is 11.6 Å². The molecule has 0 bridgehead atoms. The average Bonchev–Trinajstić information content (AvgIpc) is 3.31. The molecule has 0 saturated heterocycles. The van der Waals surface area contributed by atoms with E-state index in [2.05, 4.69) is 9.97 Å². The third kappa shape index (κ3) is 6.67. The first-order valence-corrected chi connectivity index (χ1v) is 13.3. The van der Waals surface area contributed by atoms with E-state index in [-0.39, 0.29) is 54.4 Å². The number of methoxy groups -OCH3 is 1. The molecule has 1 N–H and O–H groups in total. The zero-order chi connectivity index (χ0) is 30.7. The number of ether oxygens (including phenoxy) is 2. The van der Waals surface area contributed by atoms with E-state index in [1.54, 1.807) is 47.9 Å². The molecule has 0 fully saturated rings.